The van der Waals surface area contributed by atoms with Gasteiger partial charge in [-0.15, -0.1) is 0 Å². The number of nitrogens with one attached hydrogen (secondary N) is 1. The van der Waals surface area contributed by atoms with E-state index < -0.39 is 4.92 Å². The molecule has 2 aromatic rings. The number of hydrogen-bond donors (Lipinski definition) is 1. The maximum absolute atomic E-state index is 10.5. The molecule has 0 spiro atoms. The van der Waals surface area contributed by atoms with Gasteiger partial charge in [0, 0.05) is 18.7 Å². The van der Waals surface area contributed by atoms with Crippen molar-refractivity contribution < 1.29 is 14.1 Å². The third kappa shape index (κ3) is 4.10. The molecule has 0 aliphatic carbocycles. The number of nitrogens with zero attached hydrogens (tertiary/aromatic N) is 1. The van der Waals surface area contributed by atoms with E-state index in [1.165, 1.54) is 12.1 Å². The lowest BCUT2D eigenvalue weighted by atomic mass is 10.3. The minimum absolute atomic E-state index is 0.0589. The molecule has 0 bridgehead atoms. The molecule has 6 nitrogen and oxygen atoms in total. The lowest BCUT2D eigenvalue weighted by molar-refractivity contribution is -0.384. The lowest BCUT2D eigenvalue weighted by Crippen LogP contribution is -2.20. The summed E-state index contributed by atoms with van der Waals surface area (Å²) in [6.07, 6.45) is 0. The summed E-state index contributed by atoms with van der Waals surface area (Å²) in [7, 11) is 0. The second kappa shape index (κ2) is 6.72. The van der Waals surface area contributed by atoms with Gasteiger partial charge in [-0.05, 0) is 31.2 Å². The van der Waals surface area contributed by atoms with Crippen molar-refractivity contribution in [2.24, 2.45) is 0 Å². The molecule has 0 aliphatic heterocycles. The molecule has 1 aromatic carbocycles. The Morgan fingerprint density at radius 2 is 2.00 bits per heavy atom. The number of nitro benzene ring substituents is 1. The highest BCUT2D eigenvalue weighted by atomic mass is 16.6. The van der Waals surface area contributed by atoms with E-state index in [4.69, 9.17) is 9.15 Å². The summed E-state index contributed by atoms with van der Waals surface area (Å²) >= 11 is 0. The highest BCUT2D eigenvalue weighted by Crippen LogP contribution is 2.16. The molecule has 0 unspecified atom stereocenters. The number of benzene rings is 1. The zero-order valence-electron chi connectivity index (χ0n) is 11.2. The monoisotopic (exact) mass is 276 g/mol. The first-order chi connectivity index (χ1) is 9.65. The Labute approximate surface area is 116 Å². The molecule has 0 saturated heterocycles. The zero-order valence-corrected chi connectivity index (χ0v) is 11.2. The van der Waals surface area contributed by atoms with Crippen LogP contribution in [0, 0.1) is 17.0 Å². The summed E-state index contributed by atoms with van der Waals surface area (Å²) in [6.45, 7) is 3.70. The molecule has 6 heteroatoms. The van der Waals surface area contributed by atoms with Crippen LogP contribution in [0.5, 0.6) is 5.75 Å². The van der Waals surface area contributed by atoms with Gasteiger partial charge in [0.15, 0.2) is 0 Å². The number of hydrogen-bond acceptors (Lipinski definition) is 5. The van der Waals surface area contributed by atoms with E-state index in [-0.39, 0.29) is 5.69 Å². The van der Waals surface area contributed by atoms with Crippen LogP contribution in [0.4, 0.5) is 5.69 Å². The minimum Gasteiger partial charge on any atom is -0.492 e. The molecular weight excluding hydrogens is 260 g/mol. The highest BCUT2D eigenvalue weighted by Gasteiger charge is 2.04. The van der Waals surface area contributed by atoms with E-state index in [0.29, 0.717) is 25.4 Å². The third-order valence-corrected chi connectivity index (χ3v) is 2.69. The maximum atomic E-state index is 10.5. The molecule has 0 amide bonds. The van der Waals surface area contributed by atoms with Crippen LogP contribution in [0.2, 0.25) is 0 Å². The number of nitro groups is 1. The normalized spacial score (nSPS) is 10.4. The Hall–Kier alpha value is -2.34. The summed E-state index contributed by atoms with van der Waals surface area (Å²) in [5, 5.41) is 13.7. The average Bonchev–Trinajstić information content (AvgIpc) is 2.84. The van der Waals surface area contributed by atoms with Gasteiger partial charge in [0.05, 0.1) is 11.5 Å². The predicted octanol–water partition coefficient (Wildman–Crippen LogP) is 2.66. The number of rotatable bonds is 7. The summed E-state index contributed by atoms with van der Waals surface area (Å²) in [5.74, 6) is 2.40. The Balaban J connectivity index is 1.66. The highest BCUT2D eigenvalue weighted by molar-refractivity contribution is 5.35. The summed E-state index contributed by atoms with van der Waals surface area (Å²) < 4.78 is 10.9. The van der Waals surface area contributed by atoms with Crippen molar-refractivity contribution in [2.75, 3.05) is 13.2 Å². The molecule has 0 radical (unpaired) electrons. The standard InChI is InChI=1S/C14H16N2O4/c1-11-2-5-14(20-11)10-15-8-9-19-13-6-3-12(4-7-13)16(17)18/h2-7,15H,8-10H2,1H3. The molecule has 0 saturated carbocycles. The Kier molecular flexibility index (Phi) is 4.73. The van der Waals surface area contributed by atoms with E-state index in [2.05, 4.69) is 5.32 Å². The van der Waals surface area contributed by atoms with Gasteiger partial charge in [0.2, 0.25) is 0 Å². The lowest BCUT2D eigenvalue weighted by Gasteiger charge is -2.06. The zero-order chi connectivity index (χ0) is 14.4. The molecule has 1 heterocycles. The second-order valence-electron chi connectivity index (χ2n) is 4.29. The van der Waals surface area contributed by atoms with Gasteiger partial charge >= 0.3 is 0 Å². The summed E-state index contributed by atoms with van der Waals surface area (Å²) in [5.41, 5.74) is 0.0589. The fourth-order valence-corrected chi connectivity index (χ4v) is 1.70. The molecule has 2 rings (SSSR count). The largest absolute Gasteiger partial charge is 0.492 e. The molecule has 0 aliphatic rings. The van der Waals surface area contributed by atoms with E-state index >= 15 is 0 Å². The predicted molar refractivity (Wildman–Crippen MR) is 73.7 cm³/mol. The molecule has 1 aromatic heterocycles. The van der Waals surface area contributed by atoms with Crippen LogP contribution in [0.25, 0.3) is 0 Å². The van der Waals surface area contributed by atoms with Gasteiger partial charge in [-0.3, -0.25) is 10.1 Å². The van der Waals surface area contributed by atoms with Crippen LogP contribution in [0.1, 0.15) is 11.5 Å². The Bertz CT molecular complexity index is 563. The number of ether oxygens (including phenoxy) is 1. The minimum atomic E-state index is -0.434. The number of non-ortho nitro benzene ring substituents is 1. The molecule has 0 fully saturated rings. The summed E-state index contributed by atoms with van der Waals surface area (Å²) in [6, 6.07) is 9.88. The second-order valence-corrected chi connectivity index (χ2v) is 4.29. The smallest absolute Gasteiger partial charge is 0.269 e. The topological polar surface area (TPSA) is 77.5 Å². The molecule has 1 N–H and O–H groups in total. The van der Waals surface area contributed by atoms with E-state index in [0.717, 1.165) is 11.5 Å². The van der Waals surface area contributed by atoms with Gasteiger partial charge in [0.1, 0.15) is 23.9 Å². The van der Waals surface area contributed by atoms with Crippen molar-refractivity contribution in [3.63, 3.8) is 0 Å². The SMILES string of the molecule is Cc1ccc(CNCCOc2ccc([N+](=O)[O-])cc2)o1. The first-order valence-corrected chi connectivity index (χ1v) is 6.28. The van der Waals surface area contributed by atoms with Crippen LogP contribution in [-0.2, 0) is 6.54 Å². The quantitative estimate of drug-likeness (QED) is 0.478. The Morgan fingerprint density at radius 3 is 2.60 bits per heavy atom. The maximum Gasteiger partial charge on any atom is 0.269 e. The van der Waals surface area contributed by atoms with Crippen molar-refractivity contribution in [1.82, 2.24) is 5.32 Å². The van der Waals surface area contributed by atoms with Gasteiger partial charge in [-0.2, -0.15) is 0 Å². The van der Waals surface area contributed by atoms with E-state index in [1.807, 2.05) is 19.1 Å². The van der Waals surface area contributed by atoms with E-state index in [9.17, 15) is 10.1 Å². The fraction of sp³-hybridized carbons (Fsp3) is 0.286. The van der Waals surface area contributed by atoms with Gasteiger partial charge in [-0.1, -0.05) is 0 Å². The van der Waals surface area contributed by atoms with Crippen molar-refractivity contribution >= 4 is 5.69 Å². The molecular formula is C14H16N2O4. The van der Waals surface area contributed by atoms with E-state index in [1.54, 1.807) is 12.1 Å². The van der Waals surface area contributed by atoms with Crippen molar-refractivity contribution in [1.29, 1.82) is 0 Å². The van der Waals surface area contributed by atoms with Crippen LogP contribution in [0.3, 0.4) is 0 Å². The van der Waals surface area contributed by atoms with Crippen LogP contribution < -0.4 is 10.1 Å². The fourth-order valence-electron chi connectivity index (χ4n) is 1.70. The van der Waals surface area contributed by atoms with Crippen LogP contribution in [-0.4, -0.2) is 18.1 Å². The first kappa shape index (κ1) is 14.1. The average molecular weight is 276 g/mol. The first-order valence-electron chi connectivity index (χ1n) is 6.28. The van der Waals surface area contributed by atoms with Crippen molar-refractivity contribution in [3.8, 4) is 5.75 Å². The van der Waals surface area contributed by atoms with Gasteiger partial charge < -0.3 is 14.5 Å². The number of furan rings is 1. The Morgan fingerprint density at radius 1 is 1.25 bits per heavy atom. The van der Waals surface area contributed by atoms with Crippen LogP contribution >= 0.6 is 0 Å². The summed E-state index contributed by atoms with van der Waals surface area (Å²) in [4.78, 5) is 10.1. The molecule has 20 heavy (non-hydrogen) atoms. The molecule has 0 atom stereocenters. The number of aryl methyl sites for hydroxylation is 1. The van der Waals surface area contributed by atoms with Gasteiger partial charge in [-0.25, -0.2) is 0 Å². The van der Waals surface area contributed by atoms with Gasteiger partial charge in [0.25, 0.3) is 5.69 Å². The van der Waals surface area contributed by atoms with Crippen molar-refractivity contribution in [3.05, 3.63) is 58.0 Å². The van der Waals surface area contributed by atoms with Crippen molar-refractivity contribution in [2.45, 2.75) is 13.5 Å². The van der Waals surface area contributed by atoms with Crippen LogP contribution in [0.15, 0.2) is 40.8 Å². The third-order valence-electron chi connectivity index (χ3n) is 2.69. The molecule has 106 valence electrons.